The second kappa shape index (κ2) is 7.26. The van der Waals surface area contributed by atoms with E-state index in [9.17, 15) is 15.0 Å². The lowest BCUT2D eigenvalue weighted by Crippen LogP contribution is -2.18. The first-order chi connectivity index (χ1) is 10.4. The summed E-state index contributed by atoms with van der Waals surface area (Å²) < 4.78 is 1.18. The first-order valence-electron chi connectivity index (χ1n) is 5.89. The molecule has 0 radical (unpaired) electrons. The van der Waals surface area contributed by atoms with E-state index in [1.54, 1.807) is 24.3 Å². The van der Waals surface area contributed by atoms with Crippen molar-refractivity contribution in [1.82, 2.24) is 5.43 Å². The van der Waals surface area contributed by atoms with Crippen LogP contribution >= 0.6 is 47.8 Å². The Balaban J connectivity index is 2.17. The molecule has 22 heavy (non-hydrogen) atoms. The number of hydrazone groups is 1. The monoisotopic (exact) mass is 490 g/mol. The van der Waals surface area contributed by atoms with Gasteiger partial charge >= 0.3 is 0 Å². The molecule has 0 fully saturated rings. The number of amides is 1. The Bertz CT molecular complexity index is 763. The molecule has 2 aromatic carbocycles. The highest BCUT2D eigenvalue weighted by Gasteiger charge is 2.13. The molecule has 0 saturated carbocycles. The van der Waals surface area contributed by atoms with Gasteiger partial charge in [-0.15, -0.1) is 0 Å². The number of phenols is 2. The molecule has 0 heterocycles. The number of nitrogens with zero attached hydrogens (tertiary/aromatic N) is 1. The van der Waals surface area contributed by atoms with E-state index in [2.05, 4.69) is 58.3 Å². The zero-order valence-electron chi connectivity index (χ0n) is 10.8. The van der Waals surface area contributed by atoms with Crippen molar-refractivity contribution in [1.29, 1.82) is 0 Å². The Hall–Kier alpha value is -1.38. The smallest absolute Gasteiger partial charge is 0.272 e. The summed E-state index contributed by atoms with van der Waals surface area (Å²) in [4.78, 5) is 12.0. The molecule has 0 spiro atoms. The second-order valence-corrected chi connectivity index (χ2v) is 6.64. The molecule has 5 nitrogen and oxygen atoms in total. The topological polar surface area (TPSA) is 81.9 Å². The Labute approximate surface area is 151 Å². The maximum Gasteiger partial charge on any atom is 0.272 e. The lowest BCUT2D eigenvalue weighted by atomic mass is 10.2. The van der Waals surface area contributed by atoms with E-state index < -0.39 is 0 Å². The molecule has 0 unspecified atom stereocenters. The Morgan fingerprint density at radius 2 is 1.77 bits per heavy atom. The molecule has 0 atom stereocenters. The molecule has 1 amide bonds. The van der Waals surface area contributed by atoms with Gasteiger partial charge in [0.15, 0.2) is 0 Å². The van der Waals surface area contributed by atoms with E-state index in [1.807, 2.05) is 0 Å². The lowest BCUT2D eigenvalue weighted by molar-refractivity contribution is 0.0954. The zero-order valence-corrected chi connectivity index (χ0v) is 15.6. The summed E-state index contributed by atoms with van der Waals surface area (Å²) in [6, 6.07) is 8.42. The summed E-state index contributed by atoms with van der Waals surface area (Å²) in [5, 5.41) is 23.3. The zero-order chi connectivity index (χ0) is 16.3. The predicted molar refractivity (Wildman–Crippen MR) is 94.4 cm³/mol. The molecule has 3 N–H and O–H groups in total. The van der Waals surface area contributed by atoms with Crippen LogP contribution in [0.2, 0.25) is 0 Å². The van der Waals surface area contributed by atoms with Crippen LogP contribution in [0.15, 0.2) is 48.9 Å². The quantitative estimate of drug-likeness (QED) is 0.445. The van der Waals surface area contributed by atoms with Crippen LogP contribution in [0.1, 0.15) is 15.9 Å². The average Bonchev–Trinajstić information content (AvgIpc) is 2.50. The summed E-state index contributed by atoms with van der Waals surface area (Å²) in [5.74, 6) is -0.688. The highest BCUT2D eigenvalue weighted by Crippen LogP contribution is 2.40. The molecule has 0 bridgehead atoms. The van der Waals surface area contributed by atoms with E-state index in [0.717, 1.165) is 0 Å². The van der Waals surface area contributed by atoms with Gasteiger partial charge in [-0.2, -0.15) is 5.10 Å². The molecule has 0 saturated heterocycles. The maximum atomic E-state index is 12.0. The highest BCUT2D eigenvalue weighted by molar-refractivity contribution is 9.11. The van der Waals surface area contributed by atoms with Gasteiger partial charge in [0.2, 0.25) is 0 Å². The minimum absolute atomic E-state index is 0.119. The summed E-state index contributed by atoms with van der Waals surface area (Å²) in [5.41, 5.74) is 3.13. The summed E-state index contributed by atoms with van der Waals surface area (Å²) in [6.45, 7) is 0. The van der Waals surface area contributed by atoms with Gasteiger partial charge < -0.3 is 10.2 Å². The Kier molecular flexibility index (Phi) is 5.60. The molecule has 0 aliphatic heterocycles. The molecule has 8 heteroatoms. The third kappa shape index (κ3) is 3.68. The number of hydrogen-bond acceptors (Lipinski definition) is 4. The molecule has 2 rings (SSSR count). The summed E-state index contributed by atoms with van der Waals surface area (Å²) in [7, 11) is 0. The number of carbonyl (C=O) groups is 1. The van der Waals surface area contributed by atoms with E-state index in [4.69, 9.17) is 0 Å². The fourth-order valence-electron chi connectivity index (χ4n) is 1.58. The molecular formula is C14H9Br3N2O3. The maximum absolute atomic E-state index is 12.0. The van der Waals surface area contributed by atoms with Crippen LogP contribution in [0.25, 0.3) is 0 Å². The van der Waals surface area contributed by atoms with Crippen LogP contribution in [0.4, 0.5) is 0 Å². The Morgan fingerprint density at radius 3 is 2.45 bits per heavy atom. The van der Waals surface area contributed by atoms with Gasteiger partial charge in [-0.05, 0) is 66.0 Å². The van der Waals surface area contributed by atoms with Crippen molar-refractivity contribution < 1.29 is 15.0 Å². The van der Waals surface area contributed by atoms with Crippen LogP contribution in [0.3, 0.4) is 0 Å². The van der Waals surface area contributed by atoms with Gasteiger partial charge in [0, 0.05) is 10.0 Å². The van der Waals surface area contributed by atoms with Crippen molar-refractivity contribution in [3.63, 3.8) is 0 Å². The van der Waals surface area contributed by atoms with Crippen LogP contribution in [0.5, 0.6) is 11.5 Å². The molecule has 0 aliphatic rings. The SMILES string of the molecule is O=C(NN=Cc1cc(Br)c(O)c(Br)c1O)c1ccccc1Br. The Morgan fingerprint density at radius 1 is 1.09 bits per heavy atom. The number of aromatic hydroxyl groups is 2. The van der Waals surface area contributed by atoms with Gasteiger partial charge in [0.05, 0.1) is 16.3 Å². The van der Waals surface area contributed by atoms with Crippen molar-refractivity contribution in [2.45, 2.75) is 0 Å². The molecule has 0 aliphatic carbocycles. The third-order valence-electron chi connectivity index (χ3n) is 2.69. The number of carbonyl (C=O) groups excluding carboxylic acids is 1. The number of rotatable bonds is 3. The largest absolute Gasteiger partial charge is 0.506 e. The van der Waals surface area contributed by atoms with Crippen molar-refractivity contribution in [3.8, 4) is 11.5 Å². The van der Waals surface area contributed by atoms with Crippen molar-refractivity contribution in [2.75, 3.05) is 0 Å². The third-order valence-corrected chi connectivity index (χ3v) is 4.73. The number of phenolic OH excluding ortho intramolecular Hbond substituents is 2. The summed E-state index contributed by atoms with van der Waals surface area (Å²) >= 11 is 9.49. The van der Waals surface area contributed by atoms with Crippen LogP contribution in [0, 0.1) is 0 Å². The molecule has 114 valence electrons. The second-order valence-electron chi connectivity index (χ2n) is 4.14. The van der Waals surface area contributed by atoms with Gasteiger partial charge in [0.1, 0.15) is 16.0 Å². The van der Waals surface area contributed by atoms with E-state index >= 15 is 0 Å². The van der Waals surface area contributed by atoms with Crippen molar-refractivity contribution >= 4 is 59.9 Å². The van der Waals surface area contributed by atoms with E-state index in [0.29, 0.717) is 20.1 Å². The predicted octanol–water partition coefficient (Wildman–Crippen LogP) is 4.15. The minimum Gasteiger partial charge on any atom is -0.506 e. The molecular weight excluding hydrogens is 484 g/mol. The van der Waals surface area contributed by atoms with E-state index in [-0.39, 0.29) is 21.9 Å². The number of benzene rings is 2. The van der Waals surface area contributed by atoms with Crippen molar-refractivity contribution in [3.05, 3.63) is 54.9 Å². The fourth-order valence-corrected chi connectivity index (χ4v) is 3.20. The number of halogens is 3. The normalized spacial score (nSPS) is 10.9. The lowest BCUT2D eigenvalue weighted by Gasteiger charge is -2.06. The molecule has 0 aromatic heterocycles. The average molecular weight is 493 g/mol. The number of hydrogen-bond donors (Lipinski definition) is 3. The van der Waals surface area contributed by atoms with Gasteiger partial charge in [-0.3, -0.25) is 4.79 Å². The van der Waals surface area contributed by atoms with Crippen LogP contribution in [-0.4, -0.2) is 22.3 Å². The number of nitrogens with one attached hydrogen (secondary N) is 1. The molecule has 2 aromatic rings. The minimum atomic E-state index is -0.389. The van der Waals surface area contributed by atoms with Gasteiger partial charge in [0.25, 0.3) is 5.91 Å². The first kappa shape index (κ1) is 17.0. The van der Waals surface area contributed by atoms with Gasteiger partial charge in [-0.25, -0.2) is 5.43 Å². The van der Waals surface area contributed by atoms with Gasteiger partial charge in [-0.1, -0.05) is 12.1 Å². The van der Waals surface area contributed by atoms with E-state index in [1.165, 1.54) is 12.3 Å². The highest BCUT2D eigenvalue weighted by atomic mass is 79.9. The van der Waals surface area contributed by atoms with Crippen molar-refractivity contribution in [2.24, 2.45) is 5.10 Å². The summed E-state index contributed by atoms with van der Waals surface area (Å²) in [6.07, 6.45) is 1.28. The van der Waals surface area contributed by atoms with Crippen LogP contribution < -0.4 is 5.43 Å². The fraction of sp³-hybridized carbons (Fsp3) is 0. The standard InChI is InChI=1S/C14H9Br3N2O3/c15-9-4-2-1-3-8(9)14(22)19-18-6-7-5-10(16)13(21)11(17)12(7)20/h1-6,20-21H,(H,19,22). The van der Waals surface area contributed by atoms with Crippen LogP contribution in [-0.2, 0) is 0 Å². The first-order valence-corrected chi connectivity index (χ1v) is 8.27.